The van der Waals surface area contributed by atoms with Gasteiger partial charge in [0.2, 0.25) is 0 Å². The largest absolute Gasteiger partial charge is 0.0654 e. The van der Waals surface area contributed by atoms with E-state index in [9.17, 15) is 0 Å². The molecule has 0 spiro atoms. The van der Waals surface area contributed by atoms with Gasteiger partial charge >= 0.3 is 0 Å². The molecule has 0 amide bonds. The van der Waals surface area contributed by atoms with Gasteiger partial charge in [0.15, 0.2) is 0 Å². The summed E-state index contributed by atoms with van der Waals surface area (Å²) < 4.78 is 0. The van der Waals surface area contributed by atoms with Crippen LogP contribution < -0.4 is 0 Å². The summed E-state index contributed by atoms with van der Waals surface area (Å²) in [5.74, 6) is 0. The van der Waals surface area contributed by atoms with Crippen molar-refractivity contribution in [1.82, 2.24) is 0 Å². The fraction of sp³-hybridized carbons (Fsp3) is 0.375. The smallest absolute Gasteiger partial charge is 0.00991 e. The van der Waals surface area contributed by atoms with Crippen LogP contribution in [0.4, 0.5) is 0 Å². The molecule has 0 bridgehead atoms. The fourth-order valence-electron chi connectivity index (χ4n) is 2.18. The Morgan fingerprint density at radius 1 is 1.00 bits per heavy atom. The van der Waals surface area contributed by atoms with Gasteiger partial charge in [-0.1, -0.05) is 62.6 Å². The van der Waals surface area contributed by atoms with Gasteiger partial charge in [-0.05, 0) is 35.2 Å². The lowest BCUT2D eigenvalue weighted by molar-refractivity contribution is 0.668. The zero-order valence-electron chi connectivity index (χ0n) is 10.00. The third-order valence-electron chi connectivity index (χ3n) is 3.09. The second-order valence-corrected chi connectivity index (χ2v) is 4.36. The van der Waals surface area contributed by atoms with E-state index in [1.54, 1.807) is 0 Å². The Morgan fingerprint density at radius 2 is 1.94 bits per heavy atom. The highest BCUT2D eigenvalue weighted by Crippen LogP contribution is 2.20. The van der Waals surface area contributed by atoms with Crippen molar-refractivity contribution < 1.29 is 0 Å². The molecule has 0 N–H and O–H groups in total. The first-order valence-electron chi connectivity index (χ1n) is 6.30. The molecule has 83 valence electrons. The van der Waals surface area contributed by atoms with Crippen molar-refractivity contribution in [3.05, 3.63) is 48.0 Å². The SMILES string of the molecule is CCCCCCc1cccc2[c]cccc12. The molecular formula is C16H19. The summed E-state index contributed by atoms with van der Waals surface area (Å²) in [4.78, 5) is 0. The minimum Gasteiger partial charge on any atom is -0.0654 e. The highest BCUT2D eigenvalue weighted by molar-refractivity contribution is 5.85. The van der Waals surface area contributed by atoms with Crippen molar-refractivity contribution in [2.75, 3.05) is 0 Å². The van der Waals surface area contributed by atoms with Crippen molar-refractivity contribution in [2.24, 2.45) is 0 Å². The van der Waals surface area contributed by atoms with Crippen molar-refractivity contribution in [1.29, 1.82) is 0 Å². The molecule has 0 aromatic heterocycles. The third-order valence-corrected chi connectivity index (χ3v) is 3.09. The molecule has 0 saturated carbocycles. The lowest BCUT2D eigenvalue weighted by atomic mass is 9.99. The molecule has 0 aliphatic rings. The van der Waals surface area contributed by atoms with Gasteiger partial charge in [-0.2, -0.15) is 0 Å². The molecule has 0 heteroatoms. The van der Waals surface area contributed by atoms with Crippen LogP contribution in [0, 0.1) is 6.07 Å². The standard InChI is InChI=1S/C16H19/c1-2-3-4-5-9-14-11-8-12-15-10-6-7-13-16(14)15/h6-8,11-13H,2-5,9H2,1H3. The van der Waals surface area contributed by atoms with Crippen LogP contribution in [0.1, 0.15) is 38.2 Å². The van der Waals surface area contributed by atoms with Crippen molar-refractivity contribution in [3.63, 3.8) is 0 Å². The van der Waals surface area contributed by atoms with Gasteiger partial charge < -0.3 is 0 Å². The summed E-state index contributed by atoms with van der Waals surface area (Å²) >= 11 is 0. The summed E-state index contributed by atoms with van der Waals surface area (Å²) in [5.41, 5.74) is 1.48. The van der Waals surface area contributed by atoms with Crippen LogP contribution in [0.5, 0.6) is 0 Å². The van der Waals surface area contributed by atoms with E-state index in [2.05, 4.69) is 43.3 Å². The minimum atomic E-state index is 1.20. The van der Waals surface area contributed by atoms with E-state index < -0.39 is 0 Å². The Morgan fingerprint density at radius 3 is 2.81 bits per heavy atom. The second-order valence-electron chi connectivity index (χ2n) is 4.36. The Hall–Kier alpha value is -1.30. The van der Waals surface area contributed by atoms with Gasteiger partial charge in [0.1, 0.15) is 0 Å². The summed E-state index contributed by atoms with van der Waals surface area (Å²) in [5, 5.41) is 2.62. The first kappa shape index (κ1) is 11.2. The molecule has 1 radical (unpaired) electrons. The molecule has 0 aliphatic heterocycles. The molecule has 2 aromatic carbocycles. The number of hydrogen-bond donors (Lipinski definition) is 0. The lowest BCUT2D eigenvalue weighted by Gasteiger charge is -2.05. The summed E-state index contributed by atoms with van der Waals surface area (Å²) in [6.45, 7) is 2.26. The maximum atomic E-state index is 3.29. The Labute approximate surface area is 98.3 Å². The highest BCUT2D eigenvalue weighted by Gasteiger charge is 1.99. The Balaban J connectivity index is 2.11. The van der Waals surface area contributed by atoms with E-state index in [4.69, 9.17) is 0 Å². The molecule has 0 atom stereocenters. The lowest BCUT2D eigenvalue weighted by Crippen LogP contribution is -1.87. The van der Waals surface area contributed by atoms with E-state index in [0.717, 1.165) is 0 Å². The average Bonchev–Trinajstić information content (AvgIpc) is 2.35. The Kier molecular flexibility index (Phi) is 3.98. The zero-order valence-corrected chi connectivity index (χ0v) is 10.00. The van der Waals surface area contributed by atoms with Crippen molar-refractivity contribution in [3.8, 4) is 0 Å². The van der Waals surface area contributed by atoms with Crippen molar-refractivity contribution >= 4 is 10.8 Å². The predicted octanol–water partition coefficient (Wildman–Crippen LogP) is 4.76. The summed E-state index contributed by atoms with van der Waals surface area (Å²) in [7, 11) is 0. The monoisotopic (exact) mass is 211 g/mol. The van der Waals surface area contributed by atoms with Gasteiger partial charge in [-0.15, -0.1) is 0 Å². The fourth-order valence-corrected chi connectivity index (χ4v) is 2.18. The van der Waals surface area contributed by atoms with E-state index in [1.165, 1.54) is 48.4 Å². The van der Waals surface area contributed by atoms with Crippen LogP contribution in [-0.2, 0) is 6.42 Å². The summed E-state index contributed by atoms with van der Waals surface area (Å²) in [6.07, 6.45) is 6.53. The average molecular weight is 211 g/mol. The molecule has 0 aliphatic carbocycles. The first-order valence-corrected chi connectivity index (χ1v) is 6.30. The minimum absolute atomic E-state index is 1.20. The number of benzene rings is 2. The summed E-state index contributed by atoms with van der Waals surface area (Å²) in [6, 6.07) is 16.1. The quantitative estimate of drug-likeness (QED) is 0.625. The molecule has 2 aromatic rings. The molecule has 0 saturated heterocycles. The van der Waals surface area contributed by atoms with Crippen LogP contribution in [0.15, 0.2) is 36.4 Å². The van der Waals surface area contributed by atoms with Gasteiger partial charge in [0, 0.05) is 0 Å². The topological polar surface area (TPSA) is 0 Å². The number of unbranched alkanes of at least 4 members (excludes halogenated alkanes) is 3. The number of fused-ring (bicyclic) bond motifs is 1. The molecule has 0 heterocycles. The van der Waals surface area contributed by atoms with Gasteiger partial charge in [-0.3, -0.25) is 0 Å². The van der Waals surface area contributed by atoms with E-state index >= 15 is 0 Å². The molecule has 0 nitrogen and oxygen atoms in total. The van der Waals surface area contributed by atoms with Crippen LogP contribution in [0.2, 0.25) is 0 Å². The van der Waals surface area contributed by atoms with Crippen molar-refractivity contribution in [2.45, 2.75) is 39.0 Å². The second kappa shape index (κ2) is 5.69. The predicted molar refractivity (Wildman–Crippen MR) is 70.6 cm³/mol. The first-order chi connectivity index (χ1) is 7.92. The van der Waals surface area contributed by atoms with E-state index in [0.29, 0.717) is 0 Å². The highest BCUT2D eigenvalue weighted by atomic mass is 14.0. The van der Waals surface area contributed by atoms with Crippen LogP contribution in [0.25, 0.3) is 10.8 Å². The zero-order chi connectivity index (χ0) is 11.2. The van der Waals surface area contributed by atoms with Gasteiger partial charge in [-0.25, -0.2) is 0 Å². The number of aryl methyl sites for hydroxylation is 1. The van der Waals surface area contributed by atoms with E-state index in [-0.39, 0.29) is 0 Å². The Bertz CT molecular complexity index is 437. The number of rotatable bonds is 5. The molecule has 0 unspecified atom stereocenters. The van der Waals surface area contributed by atoms with Crippen LogP contribution >= 0.6 is 0 Å². The van der Waals surface area contributed by atoms with E-state index in [1.807, 2.05) is 6.07 Å². The number of hydrogen-bond acceptors (Lipinski definition) is 0. The third kappa shape index (κ3) is 2.63. The maximum Gasteiger partial charge on any atom is -0.00991 e. The molecule has 0 fully saturated rings. The molecule has 16 heavy (non-hydrogen) atoms. The van der Waals surface area contributed by atoms with Crippen LogP contribution in [0.3, 0.4) is 0 Å². The maximum absolute atomic E-state index is 3.29. The van der Waals surface area contributed by atoms with Gasteiger partial charge in [0.25, 0.3) is 0 Å². The normalized spacial score (nSPS) is 10.8. The molecule has 2 rings (SSSR count). The van der Waals surface area contributed by atoms with Gasteiger partial charge in [0.05, 0.1) is 0 Å². The van der Waals surface area contributed by atoms with Crippen LogP contribution in [-0.4, -0.2) is 0 Å². The molecular weight excluding hydrogens is 192 g/mol.